The van der Waals surface area contributed by atoms with Crippen LogP contribution in [0, 0.1) is 17.6 Å². The van der Waals surface area contributed by atoms with Crippen LogP contribution in [-0.2, 0) is 9.53 Å². The van der Waals surface area contributed by atoms with Gasteiger partial charge in [0.25, 0.3) is 11.8 Å². The van der Waals surface area contributed by atoms with Gasteiger partial charge in [0.2, 0.25) is 5.82 Å². The van der Waals surface area contributed by atoms with Crippen molar-refractivity contribution in [3.63, 3.8) is 0 Å². The topological polar surface area (TPSA) is 104 Å². The number of rotatable bonds is 5. The van der Waals surface area contributed by atoms with Crippen molar-refractivity contribution in [3.05, 3.63) is 53.4 Å². The summed E-state index contributed by atoms with van der Waals surface area (Å²) in [5.74, 6) is -7.83. The number of nitrogens with two attached hydrogens (primary N) is 1. The molecule has 4 atom stereocenters. The highest BCUT2D eigenvalue weighted by Gasteiger charge is 2.57. The number of pyridine rings is 1. The van der Waals surface area contributed by atoms with Gasteiger partial charge in [-0.25, -0.2) is 4.39 Å². The van der Waals surface area contributed by atoms with Crippen LogP contribution in [0.15, 0.2) is 30.5 Å². The van der Waals surface area contributed by atoms with E-state index in [0.717, 1.165) is 25.3 Å². The molecule has 2 heterocycles. The number of alkyl halides is 3. The average molecular weight is 459 g/mol. The summed E-state index contributed by atoms with van der Waals surface area (Å²) >= 11 is 0. The van der Waals surface area contributed by atoms with Crippen LogP contribution in [0.4, 0.5) is 27.6 Å². The van der Waals surface area contributed by atoms with Gasteiger partial charge >= 0.3 is 6.18 Å². The van der Waals surface area contributed by atoms with Crippen molar-refractivity contribution in [2.45, 2.75) is 31.2 Å². The van der Waals surface area contributed by atoms with E-state index in [9.17, 15) is 31.5 Å². The highest BCUT2D eigenvalue weighted by molar-refractivity contribution is 5.97. The predicted octanol–water partition coefficient (Wildman–Crippen LogP) is 3.16. The third-order valence-electron chi connectivity index (χ3n) is 5.17. The molecule has 2 amide bonds. The molecule has 172 valence electrons. The molecule has 32 heavy (non-hydrogen) atoms. The summed E-state index contributed by atoms with van der Waals surface area (Å²) in [5, 5.41) is 2.35. The summed E-state index contributed by atoms with van der Waals surface area (Å²) in [6.07, 6.45) is -7.74. The largest absolute Gasteiger partial charge is 0.493 e. The van der Waals surface area contributed by atoms with Crippen molar-refractivity contribution in [1.82, 2.24) is 4.98 Å². The zero-order valence-electron chi connectivity index (χ0n) is 16.7. The Balaban J connectivity index is 2.02. The number of ether oxygens (including phenoxy) is 2. The van der Waals surface area contributed by atoms with Crippen LogP contribution < -0.4 is 15.8 Å². The van der Waals surface area contributed by atoms with Gasteiger partial charge in [0.15, 0.2) is 17.7 Å². The molecule has 1 aromatic heterocycles. The lowest BCUT2D eigenvalue weighted by molar-refractivity contribution is -0.221. The van der Waals surface area contributed by atoms with E-state index < -0.39 is 59.4 Å². The Morgan fingerprint density at radius 1 is 1.22 bits per heavy atom. The molecule has 1 fully saturated rings. The second-order valence-electron chi connectivity index (χ2n) is 7.17. The van der Waals surface area contributed by atoms with Crippen molar-refractivity contribution in [1.29, 1.82) is 0 Å². The van der Waals surface area contributed by atoms with Gasteiger partial charge in [0.05, 0.1) is 7.11 Å². The van der Waals surface area contributed by atoms with Gasteiger partial charge in [0.1, 0.15) is 11.8 Å². The maximum atomic E-state index is 14.3. The number of primary amides is 1. The Labute approximate surface area is 178 Å². The van der Waals surface area contributed by atoms with Gasteiger partial charge in [-0.1, -0.05) is 13.0 Å². The molecule has 0 unspecified atom stereocenters. The second-order valence-corrected chi connectivity index (χ2v) is 7.17. The minimum atomic E-state index is -4.83. The molecule has 3 N–H and O–H groups in total. The van der Waals surface area contributed by atoms with Crippen molar-refractivity contribution >= 4 is 17.5 Å². The molecule has 7 nitrogen and oxygen atoms in total. The molecule has 0 aliphatic carbocycles. The Bertz CT molecular complexity index is 1050. The molecule has 0 bridgehead atoms. The smallest absolute Gasteiger partial charge is 0.414 e. The van der Waals surface area contributed by atoms with Gasteiger partial charge in [-0.3, -0.25) is 14.6 Å². The van der Waals surface area contributed by atoms with Gasteiger partial charge < -0.3 is 20.5 Å². The van der Waals surface area contributed by atoms with Crippen LogP contribution >= 0.6 is 0 Å². The van der Waals surface area contributed by atoms with E-state index in [0.29, 0.717) is 0 Å². The molecule has 0 saturated carbocycles. The summed E-state index contributed by atoms with van der Waals surface area (Å²) in [4.78, 5) is 27.9. The Morgan fingerprint density at radius 3 is 2.50 bits per heavy atom. The van der Waals surface area contributed by atoms with Crippen LogP contribution in [0.3, 0.4) is 0 Å². The number of carbonyl (C=O) groups excluding carboxylic acids is 2. The first-order valence-electron chi connectivity index (χ1n) is 9.26. The van der Waals surface area contributed by atoms with E-state index in [4.69, 9.17) is 15.2 Å². The predicted molar refractivity (Wildman–Crippen MR) is 101 cm³/mol. The number of hydrogen-bond acceptors (Lipinski definition) is 5. The molecule has 1 aromatic carbocycles. The highest BCUT2D eigenvalue weighted by Crippen LogP contribution is 2.49. The monoisotopic (exact) mass is 459 g/mol. The second kappa shape index (κ2) is 8.69. The molecule has 1 saturated heterocycles. The van der Waals surface area contributed by atoms with Crippen molar-refractivity contribution < 1.29 is 41.0 Å². The fraction of sp³-hybridized carbons (Fsp3) is 0.350. The lowest BCUT2D eigenvalue weighted by Crippen LogP contribution is -2.35. The maximum absolute atomic E-state index is 14.3. The third-order valence-corrected chi connectivity index (χ3v) is 5.17. The van der Waals surface area contributed by atoms with E-state index in [1.54, 1.807) is 0 Å². The molecular weight excluding hydrogens is 441 g/mol. The van der Waals surface area contributed by atoms with Crippen LogP contribution in [0.1, 0.15) is 28.9 Å². The van der Waals surface area contributed by atoms with Gasteiger partial charge in [-0.05, 0) is 18.2 Å². The molecule has 1 aliphatic rings. The van der Waals surface area contributed by atoms with Crippen LogP contribution in [0.5, 0.6) is 5.75 Å². The van der Waals surface area contributed by atoms with E-state index in [1.807, 2.05) is 0 Å². The van der Waals surface area contributed by atoms with Crippen molar-refractivity contribution in [3.8, 4) is 5.75 Å². The molecule has 0 spiro atoms. The summed E-state index contributed by atoms with van der Waals surface area (Å²) in [7, 11) is 1.03. The number of aromatic nitrogens is 1. The van der Waals surface area contributed by atoms with Gasteiger partial charge in [0, 0.05) is 29.3 Å². The Kier molecular flexibility index (Phi) is 6.35. The lowest BCUT2D eigenvalue weighted by atomic mass is 9.81. The number of halogens is 5. The summed E-state index contributed by atoms with van der Waals surface area (Å²) in [6, 6.07) is 4.21. The Morgan fingerprint density at radius 2 is 1.91 bits per heavy atom. The molecular formula is C20H18F5N3O4. The summed E-state index contributed by atoms with van der Waals surface area (Å²) in [5.41, 5.74) is 4.82. The summed E-state index contributed by atoms with van der Waals surface area (Å²) < 4.78 is 78.5. The lowest BCUT2D eigenvalue weighted by Gasteiger charge is -2.24. The zero-order chi connectivity index (χ0) is 23.8. The van der Waals surface area contributed by atoms with Crippen LogP contribution in [0.2, 0.25) is 0 Å². The number of carbonyl (C=O) groups is 2. The number of nitrogens with zero attached hydrogens (tertiary/aromatic N) is 1. The van der Waals surface area contributed by atoms with E-state index in [-0.39, 0.29) is 16.9 Å². The fourth-order valence-corrected chi connectivity index (χ4v) is 3.75. The first-order chi connectivity index (χ1) is 15.0. The Hall–Kier alpha value is -3.28. The normalized spacial score (nSPS) is 23.1. The van der Waals surface area contributed by atoms with Crippen LogP contribution in [-0.4, -0.2) is 42.3 Å². The van der Waals surface area contributed by atoms with E-state index >= 15 is 0 Å². The summed E-state index contributed by atoms with van der Waals surface area (Å²) in [6.45, 7) is 1.19. The first-order valence-corrected chi connectivity index (χ1v) is 9.26. The molecule has 3 rings (SSSR count). The number of methoxy groups -OCH3 is 1. The number of amides is 2. The quantitative estimate of drug-likeness (QED) is 0.669. The molecule has 2 aromatic rings. The minimum Gasteiger partial charge on any atom is -0.493 e. The fourth-order valence-electron chi connectivity index (χ4n) is 3.75. The van der Waals surface area contributed by atoms with E-state index in [2.05, 4.69) is 10.3 Å². The molecule has 0 radical (unpaired) electrons. The van der Waals surface area contributed by atoms with Gasteiger partial charge in [-0.2, -0.15) is 17.6 Å². The molecule has 12 heteroatoms. The average Bonchev–Trinajstić information content (AvgIpc) is 3.07. The SMILES string of the molecule is COc1c([C@H]2[C@H](C)[C@@H](C(F)(F)F)O[C@H]2C(=O)Nc2ccnc(C(N)=O)c2)ccc(F)c1F. The highest BCUT2D eigenvalue weighted by atomic mass is 19.4. The van der Waals surface area contributed by atoms with E-state index in [1.165, 1.54) is 19.2 Å². The number of anilines is 1. The maximum Gasteiger partial charge on any atom is 0.414 e. The first kappa shape index (κ1) is 23.4. The third kappa shape index (κ3) is 4.35. The van der Waals surface area contributed by atoms with Crippen LogP contribution in [0.25, 0.3) is 0 Å². The van der Waals surface area contributed by atoms with Crippen molar-refractivity contribution in [2.75, 3.05) is 12.4 Å². The molecule has 1 aliphatic heterocycles. The minimum absolute atomic E-state index is 0.0292. The van der Waals surface area contributed by atoms with Gasteiger partial charge in [-0.15, -0.1) is 0 Å². The standard InChI is InChI=1S/C20H18F5N3O4/c1-8-13(10-3-4-11(21)14(22)15(10)31-2)16(32-17(8)20(23,24)25)19(30)28-9-5-6-27-12(7-9)18(26)29/h3-8,13,16-17H,1-2H3,(H2,26,29)(H,27,28,30)/t8-,13+,16+,17-/m0/s1. The number of hydrogen-bond donors (Lipinski definition) is 2. The zero-order valence-corrected chi connectivity index (χ0v) is 16.7. The number of nitrogens with one attached hydrogen (secondary N) is 1. The number of benzene rings is 1. The van der Waals surface area contributed by atoms with Crippen molar-refractivity contribution in [2.24, 2.45) is 11.7 Å².